The van der Waals surface area contributed by atoms with Crippen molar-refractivity contribution < 1.29 is 36.2 Å². The molecule has 1 amide bonds. The van der Waals surface area contributed by atoms with Gasteiger partial charge in [-0.1, -0.05) is 17.7 Å². The number of carbonyl (C=O) groups is 1. The Bertz CT molecular complexity index is 2130. The van der Waals surface area contributed by atoms with Crippen molar-refractivity contribution >= 4 is 60.7 Å². The summed E-state index contributed by atoms with van der Waals surface area (Å²) < 4.78 is 85.3. The van der Waals surface area contributed by atoms with Crippen molar-refractivity contribution in [1.82, 2.24) is 20.2 Å². The van der Waals surface area contributed by atoms with Gasteiger partial charge in [-0.3, -0.25) is 9.69 Å². The standard InChI is InChI=1S/C34H31ClF5N7O3S/c35-24-22(18-4-5-20(37)28-21(18)19(12-41)30(42)51-28)25(38)26-23-27(24)49-9-8-47(17-3-2-16(10-17)43-32(48)29(39)40)31(23)45-33(44-26)50-14-34-6-1-7-46(34)13-15(36)11-34/h4-5,15-17,29H,1-3,6-11,13-14,42H2,(H,43,48)/t15-,16?,17?,34+/m1/s1. The zero-order valence-corrected chi connectivity index (χ0v) is 28.5. The number of nitrogens with one attached hydrogen (secondary N) is 1. The number of nitriles is 1. The van der Waals surface area contributed by atoms with Crippen molar-refractivity contribution in [2.45, 2.75) is 68.7 Å². The Kier molecular flexibility index (Phi) is 8.50. The summed E-state index contributed by atoms with van der Waals surface area (Å²) in [5, 5.41) is 12.5. The molecule has 17 heteroatoms. The first kappa shape index (κ1) is 33.9. The van der Waals surface area contributed by atoms with Gasteiger partial charge in [-0.2, -0.15) is 24.0 Å². The number of benzene rings is 2. The molecule has 5 heterocycles. The fraction of sp³-hybridized carbons (Fsp3) is 0.471. The summed E-state index contributed by atoms with van der Waals surface area (Å²) >= 11 is 7.85. The fourth-order valence-corrected chi connectivity index (χ4v) is 9.66. The van der Waals surface area contributed by atoms with Gasteiger partial charge in [0.05, 0.1) is 32.8 Å². The second-order valence-corrected chi connectivity index (χ2v) is 14.9. The van der Waals surface area contributed by atoms with Crippen molar-refractivity contribution in [3.63, 3.8) is 0 Å². The van der Waals surface area contributed by atoms with Crippen LogP contribution in [0.4, 0.5) is 32.8 Å². The van der Waals surface area contributed by atoms with Gasteiger partial charge in [0.25, 0.3) is 5.91 Å². The van der Waals surface area contributed by atoms with Crippen LogP contribution in [-0.4, -0.2) is 83.8 Å². The van der Waals surface area contributed by atoms with E-state index >= 15 is 8.78 Å². The highest BCUT2D eigenvalue weighted by Gasteiger charge is 2.49. The number of thiophene rings is 1. The third kappa shape index (κ3) is 5.55. The quantitative estimate of drug-likeness (QED) is 0.208. The van der Waals surface area contributed by atoms with E-state index in [0.29, 0.717) is 32.2 Å². The summed E-state index contributed by atoms with van der Waals surface area (Å²) in [6, 6.07) is 3.45. The topological polar surface area (TPSA) is 130 Å². The maximum absolute atomic E-state index is 17.2. The van der Waals surface area contributed by atoms with Crippen molar-refractivity contribution in [2.75, 3.05) is 43.5 Å². The minimum atomic E-state index is -3.15. The lowest BCUT2D eigenvalue weighted by Crippen LogP contribution is -2.43. The molecule has 4 aliphatic rings. The molecule has 1 aliphatic carbocycles. The fourth-order valence-electron chi connectivity index (χ4n) is 8.38. The van der Waals surface area contributed by atoms with E-state index in [4.69, 9.17) is 31.8 Å². The van der Waals surface area contributed by atoms with Crippen LogP contribution in [0.25, 0.3) is 32.1 Å². The molecule has 8 rings (SSSR count). The number of amides is 1. The molecule has 51 heavy (non-hydrogen) atoms. The summed E-state index contributed by atoms with van der Waals surface area (Å²) in [5.41, 5.74) is 5.20. The Balaban J connectivity index is 1.28. The minimum Gasteiger partial charge on any atom is -0.489 e. The van der Waals surface area contributed by atoms with Crippen LogP contribution in [0.15, 0.2) is 12.1 Å². The first-order chi connectivity index (χ1) is 24.5. The van der Waals surface area contributed by atoms with E-state index in [1.165, 1.54) is 6.07 Å². The highest BCUT2D eigenvalue weighted by Crippen LogP contribution is 2.51. The first-order valence-electron chi connectivity index (χ1n) is 16.6. The van der Waals surface area contributed by atoms with Gasteiger partial charge in [0, 0.05) is 36.0 Å². The van der Waals surface area contributed by atoms with E-state index in [1.807, 2.05) is 11.0 Å². The molecule has 268 valence electrons. The normalized spacial score (nSPS) is 24.6. The van der Waals surface area contributed by atoms with Crippen LogP contribution in [0.3, 0.4) is 0 Å². The van der Waals surface area contributed by atoms with Crippen LogP contribution in [0.5, 0.6) is 11.8 Å². The third-order valence-electron chi connectivity index (χ3n) is 10.6. The number of nitrogens with two attached hydrogens (primary N) is 1. The Morgan fingerprint density at radius 1 is 1.25 bits per heavy atom. The van der Waals surface area contributed by atoms with E-state index < -0.39 is 41.7 Å². The molecular formula is C34H31ClF5N7O3S. The Labute approximate surface area is 297 Å². The number of rotatable bonds is 7. The average Bonchev–Trinajstić information content (AvgIpc) is 3.84. The maximum Gasteiger partial charge on any atom is 0.319 e. The maximum atomic E-state index is 17.2. The van der Waals surface area contributed by atoms with Crippen LogP contribution in [0.1, 0.15) is 44.1 Å². The molecule has 4 atom stereocenters. The molecule has 4 aromatic rings. The van der Waals surface area contributed by atoms with Crippen LogP contribution in [0.2, 0.25) is 5.02 Å². The zero-order chi connectivity index (χ0) is 35.8. The summed E-state index contributed by atoms with van der Waals surface area (Å²) in [4.78, 5) is 25.0. The van der Waals surface area contributed by atoms with Crippen molar-refractivity contribution in [3.8, 4) is 29.0 Å². The molecule has 0 spiro atoms. The van der Waals surface area contributed by atoms with Gasteiger partial charge in [0.2, 0.25) is 0 Å². The molecule has 2 aromatic heterocycles. The highest BCUT2D eigenvalue weighted by molar-refractivity contribution is 7.23. The number of nitrogens with zero attached hydrogens (tertiary/aromatic N) is 5. The van der Waals surface area contributed by atoms with Crippen molar-refractivity contribution in [3.05, 3.63) is 34.4 Å². The van der Waals surface area contributed by atoms with Gasteiger partial charge < -0.3 is 25.4 Å². The number of halogens is 6. The minimum absolute atomic E-state index is 0.0248. The number of fused-ring (bicyclic) bond motifs is 2. The Morgan fingerprint density at radius 2 is 2.08 bits per heavy atom. The number of nitrogen functional groups attached to an aromatic ring is 1. The molecule has 2 saturated heterocycles. The predicted molar refractivity (Wildman–Crippen MR) is 181 cm³/mol. The smallest absolute Gasteiger partial charge is 0.319 e. The van der Waals surface area contributed by atoms with E-state index in [1.54, 1.807) is 0 Å². The SMILES string of the molecule is N#Cc1c(N)sc2c(F)ccc(-c3c(Cl)c4c5c(nc(OC[C@@]67CCCN6C[C@H](F)C7)nc5c3F)N(C3CCC(NC(=O)C(F)F)C3)CCO4)c12. The lowest BCUT2D eigenvalue weighted by molar-refractivity contribution is -0.132. The van der Waals surface area contributed by atoms with Crippen LogP contribution >= 0.6 is 22.9 Å². The van der Waals surface area contributed by atoms with E-state index in [-0.39, 0.29) is 97.5 Å². The van der Waals surface area contributed by atoms with Gasteiger partial charge in [-0.15, -0.1) is 11.3 Å². The largest absolute Gasteiger partial charge is 0.489 e. The van der Waals surface area contributed by atoms with Crippen molar-refractivity contribution in [2.24, 2.45) is 0 Å². The first-order valence-corrected chi connectivity index (χ1v) is 17.8. The molecule has 0 bridgehead atoms. The number of anilines is 2. The summed E-state index contributed by atoms with van der Waals surface area (Å²) in [7, 11) is 0. The van der Waals surface area contributed by atoms with Crippen LogP contribution in [0, 0.1) is 23.0 Å². The predicted octanol–water partition coefficient (Wildman–Crippen LogP) is 6.35. The molecule has 2 aromatic carbocycles. The second-order valence-electron chi connectivity index (χ2n) is 13.5. The number of ether oxygens (including phenoxy) is 2. The van der Waals surface area contributed by atoms with Gasteiger partial charge in [-0.25, -0.2) is 13.2 Å². The number of aromatic nitrogens is 2. The van der Waals surface area contributed by atoms with Crippen LogP contribution < -0.4 is 25.4 Å². The van der Waals surface area contributed by atoms with Crippen molar-refractivity contribution in [1.29, 1.82) is 5.26 Å². The summed E-state index contributed by atoms with van der Waals surface area (Å²) in [6.45, 7) is 1.38. The average molecular weight is 748 g/mol. The lowest BCUT2D eigenvalue weighted by Gasteiger charge is -2.32. The molecule has 1 saturated carbocycles. The molecule has 10 nitrogen and oxygen atoms in total. The second kappa shape index (κ2) is 12.8. The number of hydrogen-bond donors (Lipinski definition) is 2. The summed E-state index contributed by atoms with van der Waals surface area (Å²) in [5.74, 6) is -2.60. The third-order valence-corrected chi connectivity index (χ3v) is 12.0. The van der Waals surface area contributed by atoms with E-state index in [0.717, 1.165) is 30.4 Å². The Morgan fingerprint density at radius 3 is 2.86 bits per heavy atom. The van der Waals surface area contributed by atoms with E-state index in [2.05, 4.69) is 15.2 Å². The Hall–Kier alpha value is -4.20. The molecule has 3 N–H and O–H groups in total. The summed E-state index contributed by atoms with van der Waals surface area (Å²) in [6.07, 6.45) is -1.05. The molecule has 3 aliphatic heterocycles. The van der Waals surface area contributed by atoms with Gasteiger partial charge >= 0.3 is 12.4 Å². The van der Waals surface area contributed by atoms with Gasteiger partial charge in [-0.05, 0) is 50.3 Å². The number of alkyl halides is 3. The van der Waals surface area contributed by atoms with Gasteiger partial charge in [0.15, 0.2) is 11.6 Å². The number of carbonyl (C=O) groups excluding carboxylic acids is 1. The van der Waals surface area contributed by atoms with E-state index in [9.17, 15) is 23.2 Å². The monoisotopic (exact) mass is 747 g/mol. The molecular weight excluding hydrogens is 717 g/mol. The zero-order valence-electron chi connectivity index (χ0n) is 27.0. The molecule has 2 unspecified atom stereocenters. The molecule has 3 fully saturated rings. The van der Waals surface area contributed by atoms with Gasteiger partial charge in [0.1, 0.15) is 47.6 Å². The lowest BCUT2D eigenvalue weighted by atomic mass is 9.95. The van der Waals surface area contributed by atoms with Crippen LogP contribution in [-0.2, 0) is 4.79 Å². The number of hydrogen-bond acceptors (Lipinski definition) is 10. The highest BCUT2D eigenvalue weighted by atomic mass is 35.5. The molecule has 0 radical (unpaired) electrons.